The highest BCUT2D eigenvalue weighted by atomic mass is 79.9. The Balaban J connectivity index is 1.76. The van der Waals surface area contributed by atoms with E-state index >= 15 is 0 Å². The fourth-order valence-corrected chi connectivity index (χ4v) is 3.40. The van der Waals surface area contributed by atoms with Gasteiger partial charge >= 0.3 is 0 Å². The summed E-state index contributed by atoms with van der Waals surface area (Å²) in [6, 6.07) is 11.9. The number of pyridine rings is 1. The van der Waals surface area contributed by atoms with Crippen molar-refractivity contribution in [3.05, 3.63) is 52.6 Å². The molecule has 0 bridgehead atoms. The fraction of sp³-hybridized carbons (Fsp3) is 0.294. The zero-order chi connectivity index (χ0) is 15.5. The summed E-state index contributed by atoms with van der Waals surface area (Å²) < 4.78 is 1.04. The lowest BCUT2D eigenvalue weighted by molar-refractivity contribution is 0.0932. The van der Waals surface area contributed by atoms with E-state index in [1.54, 1.807) is 6.20 Å². The highest BCUT2D eigenvalue weighted by molar-refractivity contribution is 9.10. The first-order valence-corrected chi connectivity index (χ1v) is 8.94. The highest BCUT2D eigenvalue weighted by Gasteiger charge is 2.29. The molecule has 2 aromatic rings. The molecule has 3 rings (SSSR count). The van der Waals surface area contributed by atoms with Gasteiger partial charge in [-0.05, 0) is 62.1 Å². The first-order chi connectivity index (χ1) is 10.6. The van der Waals surface area contributed by atoms with Crippen LogP contribution in [0.1, 0.15) is 30.1 Å². The number of amides is 1. The average molecular weight is 377 g/mol. The fourth-order valence-electron chi connectivity index (χ4n) is 2.26. The van der Waals surface area contributed by atoms with E-state index in [9.17, 15) is 4.79 Å². The summed E-state index contributed by atoms with van der Waals surface area (Å²) in [6.45, 7) is 2.08. The number of benzene rings is 1. The van der Waals surface area contributed by atoms with Gasteiger partial charge in [0.15, 0.2) is 0 Å². The van der Waals surface area contributed by atoms with Gasteiger partial charge < -0.3 is 5.32 Å². The second kappa shape index (κ2) is 6.84. The van der Waals surface area contributed by atoms with Crippen LogP contribution in [0, 0.1) is 5.92 Å². The topological polar surface area (TPSA) is 42.0 Å². The van der Waals surface area contributed by atoms with Crippen molar-refractivity contribution in [1.82, 2.24) is 10.3 Å². The minimum absolute atomic E-state index is 0.0351. The summed E-state index contributed by atoms with van der Waals surface area (Å²) in [5.74, 6) is 0.607. The zero-order valence-electron chi connectivity index (χ0n) is 12.3. The molecule has 1 saturated carbocycles. The van der Waals surface area contributed by atoms with Gasteiger partial charge in [-0.15, -0.1) is 0 Å². The zero-order valence-corrected chi connectivity index (χ0v) is 14.7. The number of carbonyl (C=O) groups is 1. The van der Waals surface area contributed by atoms with Crippen LogP contribution in [0.3, 0.4) is 0 Å². The Hall–Kier alpha value is -1.33. The van der Waals surface area contributed by atoms with Crippen LogP contribution in [0.2, 0.25) is 0 Å². The molecule has 0 spiro atoms. The van der Waals surface area contributed by atoms with Crippen molar-refractivity contribution in [2.24, 2.45) is 5.92 Å². The van der Waals surface area contributed by atoms with Crippen molar-refractivity contribution in [2.45, 2.75) is 35.7 Å². The molecule has 1 aliphatic rings. The van der Waals surface area contributed by atoms with Crippen LogP contribution < -0.4 is 5.32 Å². The quantitative estimate of drug-likeness (QED) is 0.833. The maximum absolute atomic E-state index is 12.5. The number of carbonyl (C=O) groups excluding carboxylic acids is 1. The minimum atomic E-state index is -0.0351. The monoisotopic (exact) mass is 376 g/mol. The molecule has 1 amide bonds. The normalized spacial score (nSPS) is 15.4. The summed E-state index contributed by atoms with van der Waals surface area (Å²) in [7, 11) is 0. The van der Waals surface area contributed by atoms with E-state index in [1.807, 2.05) is 36.4 Å². The lowest BCUT2D eigenvalue weighted by Crippen LogP contribution is -2.34. The second-order valence-electron chi connectivity index (χ2n) is 5.51. The Labute approximate surface area is 143 Å². The first kappa shape index (κ1) is 15.6. The highest BCUT2D eigenvalue weighted by Crippen LogP contribution is 2.33. The van der Waals surface area contributed by atoms with Gasteiger partial charge in [-0.25, -0.2) is 4.98 Å². The first-order valence-electron chi connectivity index (χ1n) is 7.33. The standard InChI is InChI=1S/C17H17BrN2OS/c1-11(12-4-5-12)20-16(21)15-3-2-10-19-17(15)22-14-8-6-13(18)7-9-14/h2-3,6-12H,4-5H2,1H3,(H,20,21). The van der Waals surface area contributed by atoms with Gasteiger partial charge in [-0.1, -0.05) is 27.7 Å². The number of halogens is 1. The van der Waals surface area contributed by atoms with Crippen LogP contribution in [-0.4, -0.2) is 16.9 Å². The lowest BCUT2D eigenvalue weighted by Gasteiger charge is -2.14. The molecular formula is C17H17BrN2OS. The molecular weight excluding hydrogens is 360 g/mol. The van der Waals surface area contributed by atoms with Gasteiger partial charge in [0.05, 0.1) is 5.56 Å². The number of nitrogens with one attached hydrogen (secondary N) is 1. The molecule has 1 heterocycles. The van der Waals surface area contributed by atoms with Crippen LogP contribution in [0.4, 0.5) is 0 Å². The molecule has 1 aromatic heterocycles. The van der Waals surface area contributed by atoms with Crippen molar-refractivity contribution in [3.63, 3.8) is 0 Å². The van der Waals surface area contributed by atoms with E-state index in [-0.39, 0.29) is 11.9 Å². The summed E-state index contributed by atoms with van der Waals surface area (Å²) in [6.07, 6.45) is 4.16. The summed E-state index contributed by atoms with van der Waals surface area (Å²) >= 11 is 4.94. The van der Waals surface area contributed by atoms with Gasteiger partial charge in [0.1, 0.15) is 5.03 Å². The molecule has 1 unspecified atom stereocenters. The van der Waals surface area contributed by atoms with Crippen LogP contribution in [-0.2, 0) is 0 Å². The van der Waals surface area contributed by atoms with Gasteiger partial charge in [-0.3, -0.25) is 4.79 Å². The van der Waals surface area contributed by atoms with E-state index in [1.165, 1.54) is 24.6 Å². The minimum Gasteiger partial charge on any atom is -0.349 e. The van der Waals surface area contributed by atoms with Crippen molar-refractivity contribution in [3.8, 4) is 0 Å². The predicted octanol–water partition coefficient (Wildman–Crippen LogP) is 4.52. The SMILES string of the molecule is CC(NC(=O)c1cccnc1Sc1ccc(Br)cc1)C1CC1. The largest absolute Gasteiger partial charge is 0.349 e. The Morgan fingerprint density at radius 1 is 1.32 bits per heavy atom. The molecule has 22 heavy (non-hydrogen) atoms. The Morgan fingerprint density at radius 2 is 2.05 bits per heavy atom. The van der Waals surface area contributed by atoms with E-state index in [0.29, 0.717) is 11.5 Å². The number of rotatable bonds is 5. The molecule has 0 aliphatic heterocycles. The van der Waals surface area contributed by atoms with Crippen molar-refractivity contribution < 1.29 is 4.79 Å². The van der Waals surface area contributed by atoms with Crippen molar-refractivity contribution in [1.29, 1.82) is 0 Å². The molecule has 1 N–H and O–H groups in total. The number of aromatic nitrogens is 1. The van der Waals surface area contributed by atoms with Crippen molar-refractivity contribution in [2.75, 3.05) is 0 Å². The molecule has 1 aromatic carbocycles. The van der Waals surface area contributed by atoms with E-state index in [0.717, 1.165) is 14.4 Å². The lowest BCUT2D eigenvalue weighted by atomic mass is 10.2. The summed E-state index contributed by atoms with van der Waals surface area (Å²) in [5, 5.41) is 3.83. The maximum Gasteiger partial charge on any atom is 0.254 e. The molecule has 5 heteroatoms. The molecule has 0 saturated heterocycles. The van der Waals surface area contributed by atoms with E-state index < -0.39 is 0 Å². The molecule has 1 atom stereocenters. The van der Waals surface area contributed by atoms with E-state index in [2.05, 4.69) is 33.2 Å². The molecule has 114 valence electrons. The Bertz CT molecular complexity index is 671. The molecule has 1 fully saturated rings. The van der Waals surface area contributed by atoms with Gasteiger partial charge in [-0.2, -0.15) is 0 Å². The van der Waals surface area contributed by atoms with Gasteiger partial charge in [0.2, 0.25) is 0 Å². The average Bonchev–Trinajstić information content (AvgIpc) is 3.35. The number of hydrogen-bond donors (Lipinski definition) is 1. The number of hydrogen-bond acceptors (Lipinski definition) is 3. The van der Waals surface area contributed by atoms with Crippen LogP contribution in [0.15, 0.2) is 57.0 Å². The third-order valence-corrected chi connectivity index (χ3v) is 5.29. The molecule has 0 radical (unpaired) electrons. The predicted molar refractivity (Wildman–Crippen MR) is 92.2 cm³/mol. The Morgan fingerprint density at radius 3 is 2.73 bits per heavy atom. The molecule has 3 nitrogen and oxygen atoms in total. The van der Waals surface area contributed by atoms with Gasteiger partial charge in [0.25, 0.3) is 5.91 Å². The Kier molecular flexibility index (Phi) is 4.84. The van der Waals surface area contributed by atoms with E-state index in [4.69, 9.17) is 0 Å². The van der Waals surface area contributed by atoms with Crippen LogP contribution >= 0.6 is 27.7 Å². The maximum atomic E-state index is 12.5. The van der Waals surface area contributed by atoms with Crippen LogP contribution in [0.5, 0.6) is 0 Å². The second-order valence-corrected chi connectivity index (χ2v) is 7.49. The van der Waals surface area contributed by atoms with Crippen LogP contribution in [0.25, 0.3) is 0 Å². The third-order valence-electron chi connectivity index (χ3n) is 3.73. The number of nitrogens with zero attached hydrogens (tertiary/aromatic N) is 1. The van der Waals surface area contributed by atoms with Crippen molar-refractivity contribution >= 4 is 33.6 Å². The van der Waals surface area contributed by atoms with Gasteiger partial charge in [0, 0.05) is 21.6 Å². The third kappa shape index (κ3) is 3.90. The summed E-state index contributed by atoms with van der Waals surface area (Å²) in [5.41, 5.74) is 0.642. The molecule has 1 aliphatic carbocycles. The smallest absolute Gasteiger partial charge is 0.254 e. The summed E-state index contributed by atoms with van der Waals surface area (Å²) in [4.78, 5) is 17.9.